The standard InChI is InChI=1S/C25H23ClN4O/c26-21-17-20(25(31)23-19(21)9-6-12-28-23)24(22-10-4-5-11-27-22)30-15-13-29(14-16-30)18-7-2-1-3-8-18/h1-12,17,24,31H,13-16H2/t24-/m1/s1. The highest BCUT2D eigenvalue weighted by Gasteiger charge is 2.30. The van der Waals surface area contributed by atoms with Crippen molar-refractivity contribution in [3.63, 3.8) is 0 Å². The number of hydrogen-bond acceptors (Lipinski definition) is 5. The number of piperazine rings is 1. The first-order valence-corrected chi connectivity index (χ1v) is 10.8. The summed E-state index contributed by atoms with van der Waals surface area (Å²) in [5.74, 6) is 0.168. The Labute approximate surface area is 186 Å². The predicted octanol–water partition coefficient (Wildman–Crippen LogP) is 4.90. The normalized spacial score (nSPS) is 15.8. The number of rotatable bonds is 4. The van der Waals surface area contributed by atoms with Crippen LogP contribution in [-0.2, 0) is 0 Å². The van der Waals surface area contributed by atoms with E-state index in [2.05, 4.69) is 44.0 Å². The Morgan fingerprint density at radius 1 is 0.839 bits per heavy atom. The summed E-state index contributed by atoms with van der Waals surface area (Å²) in [5.41, 5.74) is 3.38. The first kappa shape index (κ1) is 19.8. The van der Waals surface area contributed by atoms with E-state index in [0.29, 0.717) is 10.5 Å². The van der Waals surface area contributed by atoms with Gasteiger partial charge in [0.1, 0.15) is 11.3 Å². The smallest absolute Gasteiger partial charge is 0.147 e. The maximum absolute atomic E-state index is 11.2. The third kappa shape index (κ3) is 3.82. The van der Waals surface area contributed by atoms with Crippen LogP contribution in [0.15, 0.2) is 79.1 Å². The molecule has 1 saturated heterocycles. The molecule has 1 aliphatic rings. The molecule has 0 aliphatic carbocycles. The van der Waals surface area contributed by atoms with Gasteiger partial charge in [-0.3, -0.25) is 14.9 Å². The molecular weight excluding hydrogens is 408 g/mol. The molecular formula is C25H23ClN4O. The number of nitrogens with zero attached hydrogens (tertiary/aromatic N) is 4. The molecule has 0 saturated carbocycles. The lowest BCUT2D eigenvalue weighted by Crippen LogP contribution is -2.48. The number of benzene rings is 2. The molecule has 31 heavy (non-hydrogen) atoms. The van der Waals surface area contributed by atoms with Crippen molar-refractivity contribution in [2.75, 3.05) is 31.1 Å². The van der Waals surface area contributed by atoms with Gasteiger partial charge in [-0.2, -0.15) is 0 Å². The van der Waals surface area contributed by atoms with Gasteiger partial charge in [0.15, 0.2) is 0 Å². The third-order valence-corrected chi connectivity index (χ3v) is 6.22. The van der Waals surface area contributed by atoms with Gasteiger partial charge in [-0.25, -0.2) is 0 Å². The summed E-state index contributed by atoms with van der Waals surface area (Å²) in [4.78, 5) is 13.8. The second-order valence-electron chi connectivity index (χ2n) is 7.71. The number of aromatic nitrogens is 2. The van der Waals surface area contributed by atoms with Crippen LogP contribution < -0.4 is 4.90 Å². The predicted molar refractivity (Wildman–Crippen MR) is 125 cm³/mol. The summed E-state index contributed by atoms with van der Waals surface area (Å²) < 4.78 is 0. The lowest BCUT2D eigenvalue weighted by molar-refractivity contribution is 0.206. The Kier molecular flexibility index (Phi) is 5.45. The largest absolute Gasteiger partial charge is 0.505 e. The van der Waals surface area contributed by atoms with Gasteiger partial charge in [0.05, 0.1) is 16.8 Å². The van der Waals surface area contributed by atoms with Gasteiger partial charge >= 0.3 is 0 Å². The molecule has 2 aromatic carbocycles. The third-order valence-electron chi connectivity index (χ3n) is 5.91. The molecule has 0 radical (unpaired) electrons. The average Bonchev–Trinajstić information content (AvgIpc) is 2.84. The average molecular weight is 431 g/mol. The summed E-state index contributed by atoms with van der Waals surface area (Å²) in [6, 6.07) is 21.7. The molecule has 1 atom stereocenters. The minimum Gasteiger partial charge on any atom is -0.505 e. The summed E-state index contributed by atoms with van der Waals surface area (Å²) in [6.45, 7) is 3.47. The van der Waals surface area contributed by atoms with Crippen LogP contribution in [0.5, 0.6) is 5.75 Å². The van der Waals surface area contributed by atoms with E-state index < -0.39 is 0 Å². The van der Waals surface area contributed by atoms with Crippen LogP contribution in [0.4, 0.5) is 5.69 Å². The van der Waals surface area contributed by atoms with Gasteiger partial charge in [0.25, 0.3) is 0 Å². The monoisotopic (exact) mass is 430 g/mol. The molecule has 6 heteroatoms. The number of pyridine rings is 2. The summed E-state index contributed by atoms with van der Waals surface area (Å²) in [5, 5.41) is 12.5. The second kappa shape index (κ2) is 8.53. The van der Waals surface area contributed by atoms with Crippen LogP contribution in [-0.4, -0.2) is 46.2 Å². The van der Waals surface area contributed by atoms with Crippen molar-refractivity contribution >= 4 is 28.2 Å². The molecule has 3 heterocycles. The number of anilines is 1. The number of para-hydroxylation sites is 1. The van der Waals surface area contributed by atoms with Crippen molar-refractivity contribution in [2.45, 2.75) is 6.04 Å². The fraction of sp³-hybridized carbons (Fsp3) is 0.200. The van der Waals surface area contributed by atoms with Crippen molar-refractivity contribution in [3.05, 3.63) is 95.4 Å². The van der Waals surface area contributed by atoms with E-state index >= 15 is 0 Å². The van der Waals surface area contributed by atoms with E-state index in [1.807, 2.05) is 42.5 Å². The highest BCUT2D eigenvalue weighted by molar-refractivity contribution is 6.35. The highest BCUT2D eigenvalue weighted by atomic mass is 35.5. The van der Waals surface area contributed by atoms with E-state index in [4.69, 9.17) is 11.6 Å². The molecule has 1 fully saturated rings. The number of halogens is 1. The first-order valence-electron chi connectivity index (χ1n) is 10.4. The van der Waals surface area contributed by atoms with Crippen molar-refractivity contribution in [2.24, 2.45) is 0 Å². The fourth-order valence-corrected chi connectivity index (χ4v) is 4.64. The molecule has 2 aromatic heterocycles. The van der Waals surface area contributed by atoms with E-state index in [0.717, 1.165) is 42.8 Å². The van der Waals surface area contributed by atoms with Gasteiger partial charge in [-0.15, -0.1) is 0 Å². The van der Waals surface area contributed by atoms with Crippen molar-refractivity contribution in [3.8, 4) is 5.75 Å². The lowest BCUT2D eigenvalue weighted by Gasteiger charge is -2.40. The van der Waals surface area contributed by atoms with Crippen LogP contribution >= 0.6 is 11.6 Å². The van der Waals surface area contributed by atoms with Crippen LogP contribution in [0.25, 0.3) is 10.9 Å². The number of phenolic OH excluding ortho intramolecular Hbond substituents is 1. The lowest BCUT2D eigenvalue weighted by atomic mass is 9.97. The van der Waals surface area contributed by atoms with Crippen LogP contribution in [0, 0.1) is 0 Å². The van der Waals surface area contributed by atoms with Crippen LogP contribution in [0.3, 0.4) is 0 Å². The number of aromatic hydroxyl groups is 1. The Morgan fingerprint density at radius 2 is 1.58 bits per heavy atom. The maximum atomic E-state index is 11.2. The fourth-order valence-electron chi connectivity index (χ4n) is 4.37. The molecule has 4 aromatic rings. The molecule has 0 spiro atoms. The van der Waals surface area contributed by atoms with Crippen LogP contribution in [0.2, 0.25) is 5.02 Å². The van der Waals surface area contributed by atoms with Crippen LogP contribution in [0.1, 0.15) is 17.3 Å². The van der Waals surface area contributed by atoms with Gasteiger partial charge in [-0.05, 0) is 42.5 Å². The maximum Gasteiger partial charge on any atom is 0.147 e. The summed E-state index contributed by atoms with van der Waals surface area (Å²) >= 11 is 6.61. The highest BCUT2D eigenvalue weighted by Crippen LogP contribution is 2.40. The van der Waals surface area contributed by atoms with E-state index in [1.54, 1.807) is 12.4 Å². The van der Waals surface area contributed by atoms with Gasteiger partial charge in [0.2, 0.25) is 0 Å². The number of phenols is 1. The zero-order valence-corrected chi connectivity index (χ0v) is 17.8. The van der Waals surface area contributed by atoms with Crippen molar-refractivity contribution < 1.29 is 5.11 Å². The molecule has 0 unspecified atom stereocenters. The molecule has 0 amide bonds. The van der Waals surface area contributed by atoms with Gasteiger partial charge < -0.3 is 10.0 Å². The Balaban J connectivity index is 1.53. The minimum absolute atomic E-state index is 0.168. The topological polar surface area (TPSA) is 52.5 Å². The molecule has 1 aliphatic heterocycles. The Bertz CT molecular complexity index is 1180. The molecule has 0 bridgehead atoms. The SMILES string of the molecule is Oc1c([C@H](c2ccccn2)N2CCN(c3ccccc3)CC2)cc(Cl)c2cccnc12. The Morgan fingerprint density at radius 3 is 2.32 bits per heavy atom. The zero-order valence-electron chi connectivity index (χ0n) is 17.0. The quantitative estimate of drug-likeness (QED) is 0.499. The zero-order chi connectivity index (χ0) is 21.2. The molecule has 156 valence electrons. The molecule has 1 N–H and O–H groups in total. The van der Waals surface area contributed by atoms with Crippen molar-refractivity contribution in [1.29, 1.82) is 0 Å². The van der Waals surface area contributed by atoms with Gasteiger partial charge in [0, 0.05) is 55.2 Å². The number of fused-ring (bicyclic) bond motifs is 1. The van der Waals surface area contributed by atoms with Gasteiger partial charge in [-0.1, -0.05) is 35.9 Å². The van der Waals surface area contributed by atoms with E-state index in [9.17, 15) is 5.11 Å². The van der Waals surface area contributed by atoms with Crippen molar-refractivity contribution in [1.82, 2.24) is 14.9 Å². The van der Waals surface area contributed by atoms with E-state index in [-0.39, 0.29) is 11.8 Å². The Hall–Kier alpha value is -3.15. The minimum atomic E-state index is -0.206. The summed E-state index contributed by atoms with van der Waals surface area (Å²) in [7, 11) is 0. The number of hydrogen-bond donors (Lipinski definition) is 1. The summed E-state index contributed by atoms with van der Waals surface area (Å²) in [6.07, 6.45) is 3.47. The molecule has 5 nitrogen and oxygen atoms in total. The first-order chi connectivity index (χ1) is 15.2. The van der Waals surface area contributed by atoms with E-state index in [1.165, 1.54) is 5.69 Å². The second-order valence-corrected chi connectivity index (χ2v) is 8.12. The molecule has 5 rings (SSSR count).